The SMILES string of the molecule is CCc1cccc2ccn(CCCOc3ccccc3)c12. The van der Waals surface area contributed by atoms with Gasteiger partial charge in [-0.2, -0.15) is 0 Å². The average molecular weight is 279 g/mol. The molecular formula is C19H21NO. The molecule has 0 bridgehead atoms. The van der Waals surface area contributed by atoms with Crippen molar-refractivity contribution >= 4 is 10.9 Å². The molecule has 0 atom stereocenters. The standard InChI is InChI=1S/C19H21NO/c1-2-16-8-6-9-17-12-14-20(19(16)17)13-7-15-21-18-10-4-3-5-11-18/h3-6,8-12,14H,2,7,13,15H2,1H3. The summed E-state index contributed by atoms with van der Waals surface area (Å²) in [5.41, 5.74) is 2.79. The second-order valence-electron chi connectivity index (χ2n) is 5.23. The Labute approximate surface area is 126 Å². The predicted molar refractivity (Wildman–Crippen MR) is 87.9 cm³/mol. The van der Waals surface area contributed by atoms with Gasteiger partial charge in [-0.3, -0.25) is 0 Å². The summed E-state index contributed by atoms with van der Waals surface area (Å²) in [5, 5.41) is 1.33. The summed E-state index contributed by atoms with van der Waals surface area (Å²) in [7, 11) is 0. The number of ether oxygens (including phenoxy) is 1. The molecule has 1 aromatic heterocycles. The van der Waals surface area contributed by atoms with Gasteiger partial charge in [-0.25, -0.2) is 0 Å². The lowest BCUT2D eigenvalue weighted by molar-refractivity contribution is 0.302. The third kappa shape index (κ3) is 3.10. The van der Waals surface area contributed by atoms with Crippen molar-refractivity contribution in [2.24, 2.45) is 0 Å². The number of benzene rings is 2. The summed E-state index contributed by atoms with van der Waals surface area (Å²) in [5.74, 6) is 0.948. The summed E-state index contributed by atoms with van der Waals surface area (Å²) in [6.45, 7) is 3.95. The Bertz CT molecular complexity index is 700. The monoisotopic (exact) mass is 279 g/mol. The first kappa shape index (κ1) is 13.7. The molecule has 1 heterocycles. The molecule has 2 aromatic carbocycles. The molecule has 108 valence electrons. The van der Waals surface area contributed by atoms with Crippen LogP contribution < -0.4 is 4.74 Å². The summed E-state index contributed by atoms with van der Waals surface area (Å²) >= 11 is 0. The zero-order valence-electron chi connectivity index (χ0n) is 12.5. The molecule has 3 aromatic rings. The third-order valence-electron chi connectivity index (χ3n) is 3.81. The average Bonchev–Trinajstić information content (AvgIpc) is 2.96. The van der Waals surface area contributed by atoms with Crippen LogP contribution in [0.3, 0.4) is 0 Å². The van der Waals surface area contributed by atoms with Crippen molar-refractivity contribution in [3.63, 3.8) is 0 Å². The van der Waals surface area contributed by atoms with Crippen LogP contribution in [0.1, 0.15) is 18.9 Å². The molecule has 0 amide bonds. The molecule has 0 saturated carbocycles. The maximum absolute atomic E-state index is 5.76. The largest absolute Gasteiger partial charge is 0.494 e. The van der Waals surface area contributed by atoms with Crippen LogP contribution in [0.25, 0.3) is 10.9 Å². The van der Waals surface area contributed by atoms with Crippen molar-refractivity contribution in [1.29, 1.82) is 0 Å². The predicted octanol–water partition coefficient (Wildman–Crippen LogP) is 4.67. The van der Waals surface area contributed by atoms with Gasteiger partial charge in [0.15, 0.2) is 0 Å². The summed E-state index contributed by atoms with van der Waals surface area (Å²) in [6.07, 6.45) is 4.27. The molecular weight excluding hydrogens is 258 g/mol. The number of fused-ring (bicyclic) bond motifs is 1. The molecule has 0 aliphatic carbocycles. The number of para-hydroxylation sites is 2. The first-order valence-electron chi connectivity index (χ1n) is 7.63. The lowest BCUT2D eigenvalue weighted by Gasteiger charge is -2.10. The van der Waals surface area contributed by atoms with Crippen LogP contribution in [0.5, 0.6) is 5.75 Å². The van der Waals surface area contributed by atoms with Crippen LogP contribution in [-0.2, 0) is 13.0 Å². The fraction of sp³-hybridized carbons (Fsp3) is 0.263. The van der Waals surface area contributed by atoms with Crippen LogP contribution >= 0.6 is 0 Å². The number of aromatic nitrogens is 1. The van der Waals surface area contributed by atoms with E-state index in [1.54, 1.807) is 0 Å². The van der Waals surface area contributed by atoms with Crippen LogP contribution in [0, 0.1) is 0 Å². The number of rotatable bonds is 6. The quantitative estimate of drug-likeness (QED) is 0.598. The first-order valence-corrected chi connectivity index (χ1v) is 7.63. The molecule has 0 spiro atoms. The minimum atomic E-state index is 0.748. The highest BCUT2D eigenvalue weighted by molar-refractivity contribution is 5.83. The minimum Gasteiger partial charge on any atom is -0.494 e. The van der Waals surface area contributed by atoms with Crippen molar-refractivity contribution < 1.29 is 4.74 Å². The number of aryl methyl sites for hydroxylation is 2. The van der Waals surface area contributed by atoms with E-state index in [9.17, 15) is 0 Å². The molecule has 0 aliphatic rings. The molecule has 21 heavy (non-hydrogen) atoms. The minimum absolute atomic E-state index is 0.748. The van der Waals surface area contributed by atoms with Gasteiger partial charge < -0.3 is 9.30 Å². The van der Waals surface area contributed by atoms with Gasteiger partial charge in [0.05, 0.1) is 12.1 Å². The fourth-order valence-electron chi connectivity index (χ4n) is 2.75. The molecule has 0 unspecified atom stereocenters. The van der Waals surface area contributed by atoms with Gasteiger partial charge in [0.2, 0.25) is 0 Å². The Morgan fingerprint density at radius 3 is 2.62 bits per heavy atom. The molecule has 0 fully saturated rings. The van der Waals surface area contributed by atoms with Crippen LogP contribution in [0.15, 0.2) is 60.8 Å². The smallest absolute Gasteiger partial charge is 0.119 e. The lowest BCUT2D eigenvalue weighted by atomic mass is 10.1. The van der Waals surface area contributed by atoms with E-state index in [0.29, 0.717) is 0 Å². The third-order valence-corrected chi connectivity index (χ3v) is 3.81. The Morgan fingerprint density at radius 2 is 1.81 bits per heavy atom. The van der Waals surface area contributed by atoms with Gasteiger partial charge in [-0.05, 0) is 42.0 Å². The van der Waals surface area contributed by atoms with E-state index < -0.39 is 0 Å². The zero-order chi connectivity index (χ0) is 14.5. The summed E-state index contributed by atoms with van der Waals surface area (Å²) in [6, 6.07) is 18.8. The highest BCUT2D eigenvalue weighted by Crippen LogP contribution is 2.21. The van der Waals surface area contributed by atoms with Crippen LogP contribution in [0.4, 0.5) is 0 Å². The Kier molecular flexibility index (Phi) is 4.25. The molecule has 0 saturated heterocycles. The molecule has 3 rings (SSSR count). The summed E-state index contributed by atoms with van der Waals surface area (Å²) < 4.78 is 8.11. The van der Waals surface area contributed by atoms with E-state index in [4.69, 9.17) is 4.74 Å². The van der Waals surface area contributed by atoms with Gasteiger partial charge in [-0.15, -0.1) is 0 Å². The van der Waals surface area contributed by atoms with Gasteiger partial charge in [-0.1, -0.05) is 43.3 Å². The van der Waals surface area contributed by atoms with Crippen LogP contribution in [0.2, 0.25) is 0 Å². The highest BCUT2D eigenvalue weighted by Gasteiger charge is 2.05. The van der Waals surface area contributed by atoms with Gasteiger partial charge in [0.25, 0.3) is 0 Å². The zero-order valence-corrected chi connectivity index (χ0v) is 12.5. The van der Waals surface area contributed by atoms with E-state index in [0.717, 1.165) is 31.7 Å². The lowest BCUT2D eigenvalue weighted by Crippen LogP contribution is -2.04. The van der Waals surface area contributed by atoms with E-state index >= 15 is 0 Å². The van der Waals surface area contributed by atoms with Gasteiger partial charge in [0.1, 0.15) is 5.75 Å². The molecule has 0 aliphatic heterocycles. The first-order chi connectivity index (χ1) is 10.4. The Balaban J connectivity index is 1.63. The van der Waals surface area contributed by atoms with Crippen molar-refractivity contribution in [1.82, 2.24) is 4.57 Å². The van der Waals surface area contributed by atoms with Gasteiger partial charge >= 0.3 is 0 Å². The topological polar surface area (TPSA) is 14.2 Å². The molecule has 2 heteroatoms. The maximum atomic E-state index is 5.76. The number of hydrogen-bond acceptors (Lipinski definition) is 1. The molecule has 0 radical (unpaired) electrons. The molecule has 2 nitrogen and oxygen atoms in total. The van der Waals surface area contributed by atoms with Gasteiger partial charge in [0, 0.05) is 12.7 Å². The van der Waals surface area contributed by atoms with Crippen LogP contribution in [-0.4, -0.2) is 11.2 Å². The van der Waals surface area contributed by atoms with Crippen molar-refractivity contribution in [2.45, 2.75) is 26.3 Å². The van der Waals surface area contributed by atoms with Crippen molar-refractivity contribution in [2.75, 3.05) is 6.61 Å². The van der Waals surface area contributed by atoms with Crippen molar-refractivity contribution in [3.8, 4) is 5.75 Å². The second kappa shape index (κ2) is 6.49. The van der Waals surface area contributed by atoms with E-state index in [1.807, 2.05) is 30.3 Å². The second-order valence-corrected chi connectivity index (χ2v) is 5.23. The number of hydrogen-bond donors (Lipinski definition) is 0. The van der Waals surface area contributed by atoms with E-state index in [-0.39, 0.29) is 0 Å². The van der Waals surface area contributed by atoms with Crippen molar-refractivity contribution in [3.05, 3.63) is 66.4 Å². The van der Waals surface area contributed by atoms with E-state index in [2.05, 4.69) is 42.0 Å². The summed E-state index contributed by atoms with van der Waals surface area (Å²) in [4.78, 5) is 0. The number of nitrogens with zero attached hydrogens (tertiary/aromatic N) is 1. The molecule has 0 N–H and O–H groups in total. The van der Waals surface area contributed by atoms with E-state index in [1.165, 1.54) is 16.5 Å². The Hall–Kier alpha value is -2.22. The Morgan fingerprint density at radius 1 is 0.952 bits per heavy atom. The normalized spacial score (nSPS) is 10.9. The highest BCUT2D eigenvalue weighted by atomic mass is 16.5. The maximum Gasteiger partial charge on any atom is 0.119 e. The fourth-order valence-corrected chi connectivity index (χ4v) is 2.75.